The molecule has 0 atom stereocenters. The predicted molar refractivity (Wildman–Crippen MR) is 155 cm³/mol. The van der Waals surface area contributed by atoms with Gasteiger partial charge in [-0.15, -0.1) is 0 Å². The van der Waals surface area contributed by atoms with Crippen LogP contribution in [0.3, 0.4) is 0 Å². The first-order valence-electron chi connectivity index (χ1n) is 13.9. The number of anilines is 1. The average Bonchev–Trinajstić information content (AvgIpc) is 3.61. The summed E-state index contributed by atoms with van der Waals surface area (Å²) in [4.78, 5) is 14.2. The Morgan fingerprint density at radius 3 is 2.63 bits per heavy atom. The van der Waals surface area contributed by atoms with E-state index in [0.29, 0.717) is 0 Å². The molecule has 5 heterocycles. The van der Waals surface area contributed by atoms with Crippen LogP contribution in [0.5, 0.6) is 0 Å². The van der Waals surface area contributed by atoms with Crippen molar-refractivity contribution in [3.63, 3.8) is 0 Å². The highest BCUT2D eigenvalue weighted by Gasteiger charge is 2.18. The summed E-state index contributed by atoms with van der Waals surface area (Å²) in [5.41, 5.74) is 8.15. The molecule has 6 rings (SSSR count). The lowest BCUT2D eigenvalue weighted by molar-refractivity contribution is 0.218. The molecule has 7 nitrogen and oxygen atoms in total. The number of likely N-dealkylation sites (tertiary alicyclic amines) is 2. The molecular formula is C31H37N7. The number of aromatic nitrogens is 4. The van der Waals surface area contributed by atoms with Crippen molar-refractivity contribution in [3.8, 4) is 11.1 Å². The van der Waals surface area contributed by atoms with Crippen molar-refractivity contribution in [2.45, 2.75) is 38.6 Å². The molecule has 2 N–H and O–H groups in total. The molecule has 2 saturated heterocycles. The van der Waals surface area contributed by atoms with Gasteiger partial charge in [0.25, 0.3) is 0 Å². The third kappa shape index (κ3) is 5.64. The molecule has 0 amide bonds. The lowest BCUT2D eigenvalue weighted by Gasteiger charge is -2.28. The van der Waals surface area contributed by atoms with E-state index in [0.717, 1.165) is 63.7 Å². The number of hydrogen-bond acceptors (Lipinski definition) is 6. The SMILES string of the molecule is C=C(Nc1ccc(CC2CCN(C)CC2)nc1)c1n[nH]c2ccc(-c3cncc(CN4CCCC4)c3)cc12. The summed E-state index contributed by atoms with van der Waals surface area (Å²) in [6.07, 6.45) is 12.0. The molecule has 0 unspecified atom stereocenters. The van der Waals surface area contributed by atoms with Gasteiger partial charge in [-0.25, -0.2) is 0 Å². The van der Waals surface area contributed by atoms with Gasteiger partial charge in [0.2, 0.25) is 0 Å². The van der Waals surface area contributed by atoms with Gasteiger partial charge in [0.05, 0.1) is 23.1 Å². The van der Waals surface area contributed by atoms with E-state index < -0.39 is 0 Å². The van der Waals surface area contributed by atoms with Gasteiger partial charge in [-0.05, 0) is 113 Å². The molecule has 0 aliphatic carbocycles. The second-order valence-corrected chi connectivity index (χ2v) is 11.0. The minimum absolute atomic E-state index is 0.730. The number of benzene rings is 1. The second-order valence-electron chi connectivity index (χ2n) is 11.0. The number of nitrogens with one attached hydrogen (secondary N) is 2. The molecule has 2 aliphatic rings. The Balaban J connectivity index is 1.15. The van der Waals surface area contributed by atoms with E-state index in [1.807, 2.05) is 18.6 Å². The number of rotatable bonds is 8. The van der Waals surface area contributed by atoms with Gasteiger partial charge in [0, 0.05) is 35.6 Å². The first-order chi connectivity index (χ1) is 18.6. The first kappa shape index (κ1) is 24.8. The Morgan fingerprint density at radius 1 is 1.00 bits per heavy atom. The van der Waals surface area contributed by atoms with Crippen LogP contribution in [0.1, 0.15) is 42.6 Å². The maximum atomic E-state index is 4.73. The number of H-pyrrole nitrogens is 1. The molecule has 4 aromatic rings. The van der Waals surface area contributed by atoms with Crippen molar-refractivity contribution in [3.05, 3.63) is 78.5 Å². The maximum Gasteiger partial charge on any atom is 0.116 e. The zero-order valence-electron chi connectivity index (χ0n) is 22.3. The third-order valence-electron chi connectivity index (χ3n) is 8.04. The van der Waals surface area contributed by atoms with E-state index in [1.165, 1.54) is 57.4 Å². The van der Waals surface area contributed by atoms with Crippen molar-refractivity contribution in [1.29, 1.82) is 0 Å². The quantitative estimate of drug-likeness (QED) is 0.324. The van der Waals surface area contributed by atoms with E-state index in [9.17, 15) is 0 Å². The molecule has 0 radical (unpaired) electrons. The zero-order valence-corrected chi connectivity index (χ0v) is 22.3. The van der Waals surface area contributed by atoms with Crippen molar-refractivity contribution in [1.82, 2.24) is 30.0 Å². The van der Waals surface area contributed by atoms with Crippen LogP contribution in [0.15, 0.2) is 61.6 Å². The Labute approximate surface area is 225 Å². The number of nitrogens with zero attached hydrogens (tertiary/aromatic N) is 5. The summed E-state index contributed by atoms with van der Waals surface area (Å²) in [6, 6.07) is 12.9. The van der Waals surface area contributed by atoms with Crippen LogP contribution in [-0.4, -0.2) is 63.2 Å². The van der Waals surface area contributed by atoms with Gasteiger partial charge in [-0.3, -0.25) is 20.0 Å². The number of fused-ring (bicyclic) bond motifs is 1. The number of aromatic amines is 1. The van der Waals surface area contributed by atoms with Gasteiger partial charge >= 0.3 is 0 Å². The highest BCUT2D eigenvalue weighted by atomic mass is 15.1. The third-order valence-corrected chi connectivity index (χ3v) is 8.04. The van der Waals surface area contributed by atoms with Gasteiger partial charge in [0.1, 0.15) is 5.69 Å². The van der Waals surface area contributed by atoms with Crippen molar-refractivity contribution in [2.24, 2.45) is 5.92 Å². The van der Waals surface area contributed by atoms with E-state index in [-0.39, 0.29) is 0 Å². The van der Waals surface area contributed by atoms with Crippen LogP contribution in [0.4, 0.5) is 5.69 Å². The molecule has 2 aliphatic heterocycles. The predicted octanol–water partition coefficient (Wildman–Crippen LogP) is 5.58. The molecule has 1 aromatic carbocycles. The number of hydrogen-bond donors (Lipinski definition) is 2. The lowest BCUT2D eigenvalue weighted by atomic mass is 9.92. The minimum atomic E-state index is 0.730. The fourth-order valence-electron chi connectivity index (χ4n) is 5.77. The summed E-state index contributed by atoms with van der Waals surface area (Å²) in [5.74, 6) is 0.730. The number of piperidine rings is 1. The standard InChI is InChI=1S/C31H37N7/c1-22(34-28-7-6-27(33-20-28)16-23-9-13-37(2)14-10-23)31-29-17-25(5-8-30(29)35-36-31)26-15-24(18-32-19-26)21-38-11-3-4-12-38/h5-8,15,17-20,23,34H,1,3-4,9-14,16,21H2,2H3,(H,35,36). The normalized spacial score (nSPS) is 17.3. The summed E-state index contributed by atoms with van der Waals surface area (Å²) in [7, 11) is 2.20. The highest BCUT2D eigenvalue weighted by molar-refractivity contribution is 5.95. The van der Waals surface area contributed by atoms with Gasteiger partial charge in [0.15, 0.2) is 0 Å². The van der Waals surface area contributed by atoms with E-state index in [1.54, 1.807) is 0 Å². The van der Waals surface area contributed by atoms with E-state index >= 15 is 0 Å². The van der Waals surface area contributed by atoms with Crippen LogP contribution in [0.25, 0.3) is 27.7 Å². The Hall–Kier alpha value is -3.55. The average molecular weight is 508 g/mol. The monoisotopic (exact) mass is 507 g/mol. The molecular weight excluding hydrogens is 470 g/mol. The topological polar surface area (TPSA) is 73.0 Å². The van der Waals surface area contributed by atoms with Crippen LogP contribution < -0.4 is 5.32 Å². The molecule has 0 saturated carbocycles. The molecule has 38 heavy (non-hydrogen) atoms. The molecule has 7 heteroatoms. The Kier molecular flexibility index (Phi) is 7.20. The summed E-state index contributed by atoms with van der Waals surface area (Å²) in [6.45, 7) is 9.99. The number of pyridine rings is 2. The molecule has 2 fully saturated rings. The van der Waals surface area contributed by atoms with Crippen molar-refractivity contribution < 1.29 is 0 Å². The van der Waals surface area contributed by atoms with Gasteiger partial charge in [-0.2, -0.15) is 5.10 Å². The Morgan fingerprint density at radius 2 is 1.84 bits per heavy atom. The summed E-state index contributed by atoms with van der Waals surface area (Å²) in [5, 5.41) is 12.2. The summed E-state index contributed by atoms with van der Waals surface area (Å²) >= 11 is 0. The van der Waals surface area contributed by atoms with Crippen LogP contribution >= 0.6 is 0 Å². The minimum Gasteiger partial charge on any atom is -0.353 e. The summed E-state index contributed by atoms with van der Waals surface area (Å²) < 4.78 is 0. The Bertz CT molecular complexity index is 1390. The van der Waals surface area contributed by atoms with Crippen molar-refractivity contribution >= 4 is 22.3 Å². The fourth-order valence-corrected chi connectivity index (χ4v) is 5.77. The second kappa shape index (κ2) is 11.1. The fraction of sp³-hybridized carbons (Fsp3) is 0.387. The molecule has 196 valence electrons. The van der Waals surface area contributed by atoms with Crippen molar-refractivity contribution in [2.75, 3.05) is 38.5 Å². The van der Waals surface area contributed by atoms with Crippen LogP contribution in [0.2, 0.25) is 0 Å². The zero-order chi connectivity index (χ0) is 25.9. The van der Waals surface area contributed by atoms with E-state index in [4.69, 9.17) is 4.98 Å². The molecule has 0 bridgehead atoms. The smallest absolute Gasteiger partial charge is 0.116 e. The van der Waals surface area contributed by atoms with Gasteiger partial charge < -0.3 is 10.2 Å². The van der Waals surface area contributed by atoms with Crippen LogP contribution in [0, 0.1) is 5.92 Å². The van der Waals surface area contributed by atoms with E-state index in [2.05, 4.69) is 80.3 Å². The molecule has 3 aromatic heterocycles. The highest BCUT2D eigenvalue weighted by Crippen LogP contribution is 2.29. The lowest BCUT2D eigenvalue weighted by Crippen LogP contribution is -2.31. The van der Waals surface area contributed by atoms with Crippen LogP contribution in [-0.2, 0) is 13.0 Å². The molecule has 0 spiro atoms. The maximum absolute atomic E-state index is 4.73. The van der Waals surface area contributed by atoms with Gasteiger partial charge in [-0.1, -0.05) is 12.6 Å². The largest absolute Gasteiger partial charge is 0.353 e. The first-order valence-corrected chi connectivity index (χ1v) is 13.9.